The lowest BCUT2D eigenvalue weighted by molar-refractivity contribution is -0.137. The van der Waals surface area contributed by atoms with E-state index in [-0.39, 0.29) is 57.5 Å². The van der Waals surface area contributed by atoms with E-state index in [4.69, 9.17) is 0 Å². The molecule has 1 aliphatic carbocycles. The van der Waals surface area contributed by atoms with E-state index < -0.39 is 11.7 Å². The van der Waals surface area contributed by atoms with Crippen molar-refractivity contribution in [2.45, 2.75) is 64.2 Å². The van der Waals surface area contributed by atoms with Gasteiger partial charge in [0.15, 0.2) is 0 Å². The summed E-state index contributed by atoms with van der Waals surface area (Å²) in [7, 11) is 0. The summed E-state index contributed by atoms with van der Waals surface area (Å²) in [4.78, 5) is 36.1. The molecule has 11 heteroatoms. The van der Waals surface area contributed by atoms with Gasteiger partial charge in [0.05, 0.1) is 16.6 Å². The van der Waals surface area contributed by atoms with Crippen LogP contribution < -0.4 is 10.6 Å². The Labute approximate surface area is 199 Å². The van der Waals surface area contributed by atoms with Crippen molar-refractivity contribution in [3.05, 3.63) is 41.3 Å². The summed E-state index contributed by atoms with van der Waals surface area (Å²) in [6.45, 7) is 3.47. The van der Waals surface area contributed by atoms with Gasteiger partial charge in [-0.15, -0.1) is 0 Å². The van der Waals surface area contributed by atoms with Gasteiger partial charge in [-0.3, -0.25) is 9.59 Å². The predicted octanol–water partition coefficient (Wildman–Crippen LogP) is 4.22. The summed E-state index contributed by atoms with van der Waals surface area (Å²) >= 11 is 0. The van der Waals surface area contributed by atoms with E-state index in [9.17, 15) is 27.9 Å². The number of H-pyrrole nitrogens is 1. The van der Waals surface area contributed by atoms with Gasteiger partial charge >= 0.3 is 6.18 Å². The number of phenolic OH excluding ortho intramolecular Hbond substituents is 1. The molecule has 0 spiro atoms. The fourth-order valence-corrected chi connectivity index (χ4v) is 4.47. The van der Waals surface area contributed by atoms with Crippen LogP contribution in [0.15, 0.2) is 24.5 Å². The zero-order valence-corrected chi connectivity index (χ0v) is 19.3. The van der Waals surface area contributed by atoms with Gasteiger partial charge in [-0.05, 0) is 50.8 Å². The summed E-state index contributed by atoms with van der Waals surface area (Å²) in [6.07, 6.45) is -0.0823. The molecule has 1 saturated carbocycles. The summed E-state index contributed by atoms with van der Waals surface area (Å²) in [5.74, 6) is -0.718. The van der Waals surface area contributed by atoms with E-state index in [2.05, 4.69) is 25.6 Å². The Balaban J connectivity index is 1.59. The molecule has 0 saturated heterocycles. The second kappa shape index (κ2) is 9.55. The monoisotopic (exact) mass is 489 g/mol. The molecule has 1 aliphatic rings. The van der Waals surface area contributed by atoms with Crippen molar-refractivity contribution in [1.82, 2.24) is 25.6 Å². The molecule has 0 radical (unpaired) electrons. The number of nitrogens with one attached hydrogen (secondary N) is 3. The minimum Gasteiger partial charge on any atom is -0.507 e. The maximum atomic E-state index is 13.2. The lowest BCUT2D eigenvalue weighted by Crippen LogP contribution is -2.43. The fraction of sp³-hybridized carbons (Fsp3) is 0.417. The zero-order chi connectivity index (χ0) is 25.3. The van der Waals surface area contributed by atoms with Gasteiger partial charge < -0.3 is 20.7 Å². The number of nitrogens with zero attached hydrogens (tertiary/aromatic N) is 2. The minimum absolute atomic E-state index is 0.00852. The van der Waals surface area contributed by atoms with Crippen LogP contribution >= 0.6 is 0 Å². The molecule has 2 heterocycles. The SMILES string of the molecule is CCC(=O)NC1CCC(NC(=O)c2c(C)[nH]c3c(-c4cc(C(F)(F)F)ccc4O)ncnc23)CC1. The third-order valence-electron chi connectivity index (χ3n) is 6.33. The largest absolute Gasteiger partial charge is 0.507 e. The van der Waals surface area contributed by atoms with Crippen molar-refractivity contribution in [3.63, 3.8) is 0 Å². The number of halogens is 3. The van der Waals surface area contributed by atoms with Crippen LogP contribution in [0, 0.1) is 6.92 Å². The van der Waals surface area contributed by atoms with Crippen LogP contribution in [0.5, 0.6) is 5.75 Å². The predicted molar refractivity (Wildman–Crippen MR) is 123 cm³/mol. The Morgan fingerprint density at radius 3 is 2.40 bits per heavy atom. The fourth-order valence-electron chi connectivity index (χ4n) is 4.47. The van der Waals surface area contributed by atoms with Crippen molar-refractivity contribution in [3.8, 4) is 17.0 Å². The van der Waals surface area contributed by atoms with Crippen LogP contribution in [-0.4, -0.2) is 44.0 Å². The number of fused-ring (bicyclic) bond motifs is 1. The van der Waals surface area contributed by atoms with E-state index in [1.165, 1.54) is 0 Å². The smallest absolute Gasteiger partial charge is 0.416 e. The van der Waals surface area contributed by atoms with Crippen molar-refractivity contribution in [2.75, 3.05) is 0 Å². The molecule has 2 aromatic heterocycles. The molecule has 0 bridgehead atoms. The summed E-state index contributed by atoms with van der Waals surface area (Å²) in [5, 5.41) is 16.2. The Morgan fingerprint density at radius 2 is 1.77 bits per heavy atom. The highest BCUT2D eigenvalue weighted by Gasteiger charge is 2.32. The number of rotatable bonds is 5. The van der Waals surface area contributed by atoms with Crippen LogP contribution in [0.25, 0.3) is 22.3 Å². The second-order valence-corrected chi connectivity index (χ2v) is 8.74. The third-order valence-corrected chi connectivity index (χ3v) is 6.33. The van der Waals surface area contributed by atoms with Gasteiger partial charge in [-0.2, -0.15) is 13.2 Å². The van der Waals surface area contributed by atoms with Gasteiger partial charge in [-0.25, -0.2) is 9.97 Å². The average molecular weight is 489 g/mol. The molecule has 8 nitrogen and oxygen atoms in total. The third kappa shape index (κ3) is 5.08. The van der Waals surface area contributed by atoms with Crippen molar-refractivity contribution in [1.29, 1.82) is 0 Å². The number of alkyl halides is 3. The quantitative estimate of drug-likeness (QED) is 0.428. The molecule has 3 aromatic rings. The molecule has 0 unspecified atom stereocenters. The van der Waals surface area contributed by atoms with Gasteiger partial charge in [0.1, 0.15) is 23.3 Å². The Morgan fingerprint density at radius 1 is 1.11 bits per heavy atom. The van der Waals surface area contributed by atoms with E-state index in [0.29, 0.717) is 25.0 Å². The van der Waals surface area contributed by atoms with E-state index in [1.807, 2.05) is 0 Å². The van der Waals surface area contributed by atoms with Gasteiger partial charge in [0.2, 0.25) is 5.91 Å². The maximum Gasteiger partial charge on any atom is 0.416 e. The lowest BCUT2D eigenvalue weighted by atomic mass is 9.91. The first-order valence-electron chi connectivity index (χ1n) is 11.4. The van der Waals surface area contributed by atoms with E-state index >= 15 is 0 Å². The molecular weight excluding hydrogens is 463 g/mol. The number of aromatic nitrogens is 3. The highest BCUT2D eigenvalue weighted by atomic mass is 19.4. The van der Waals surface area contributed by atoms with Crippen molar-refractivity contribution in [2.24, 2.45) is 0 Å². The molecule has 4 rings (SSSR count). The van der Waals surface area contributed by atoms with Crippen LogP contribution in [0.3, 0.4) is 0 Å². The number of amides is 2. The minimum atomic E-state index is -4.59. The summed E-state index contributed by atoms with van der Waals surface area (Å²) in [5.41, 5.74) is 0.289. The molecule has 186 valence electrons. The number of benzene rings is 1. The van der Waals surface area contributed by atoms with Crippen LogP contribution in [0.4, 0.5) is 13.2 Å². The number of hydrogen-bond acceptors (Lipinski definition) is 5. The van der Waals surface area contributed by atoms with Crippen LogP contribution in [-0.2, 0) is 11.0 Å². The highest BCUT2D eigenvalue weighted by molar-refractivity contribution is 6.09. The number of carbonyl (C=O) groups is 2. The molecule has 0 atom stereocenters. The van der Waals surface area contributed by atoms with Crippen molar-refractivity contribution >= 4 is 22.8 Å². The maximum absolute atomic E-state index is 13.2. The molecule has 0 aliphatic heterocycles. The molecule has 35 heavy (non-hydrogen) atoms. The normalized spacial score (nSPS) is 18.4. The molecule has 4 N–H and O–H groups in total. The first-order chi connectivity index (χ1) is 16.6. The first kappa shape index (κ1) is 24.5. The number of carbonyl (C=O) groups excluding carboxylic acids is 2. The average Bonchev–Trinajstić information content (AvgIpc) is 3.15. The van der Waals surface area contributed by atoms with Crippen molar-refractivity contribution < 1.29 is 27.9 Å². The van der Waals surface area contributed by atoms with Crippen LogP contribution in [0.1, 0.15) is 60.6 Å². The zero-order valence-electron chi connectivity index (χ0n) is 19.3. The topological polar surface area (TPSA) is 120 Å². The molecular formula is C24H26F3N5O3. The number of phenols is 1. The Bertz CT molecular complexity index is 1260. The Hall–Kier alpha value is -3.63. The van der Waals surface area contributed by atoms with Gasteiger partial charge in [-0.1, -0.05) is 6.92 Å². The number of aromatic amines is 1. The second-order valence-electron chi connectivity index (χ2n) is 8.74. The van der Waals surface area contributed by atoms with Gasteiger partial charge in [0.25, 0.3) is 5.91 Å². The standard InChI is InChI=1S/C24H26F3N5O3/c1-3-18(34)31-14-5-7-15(8-6-14)32-23(35)19-12(2)30-22-20(28-11-29-21(19)22)16-10-13(24(25,26)27)4-9-17(16)33/h4,9-11,14-15,30,33H,3,5-8H2,1-2H3,(H,31,34)(H,32,35). The highest BCUT2D eigenvalue weighted by Crippen LogP contribution is 2.38. The number of hydrogen-bond donors (Lipinski definition) is 4. The first-order valence-corrected chi connectivity index (χ1v) is 11.4. The number of aryl methyl sites for hydroxylation is 1. The molecule has 2 amide bonds. The molecule has 1 fully saturated rings. The molecule has 1 aromatic carbocycles. The lowest BCUT2D eigenvalue weighted by Gasteiger charge is -2.29. The van der Waals surface area contributed by atoms with Gasteiger partial charge in [0, 0.05) is 29.8 Å². The Kier molecular flexibility index (Phi) is 6.68. The summed E-state index contributed by atoms with van der Waals surface area (Å²) in [6, 6.07) is 2.60. The van der Waals surface area contributed by atoms with E-state index in [0.717, 1.165) is 37.4 Å². The number of aromatic hydroxyl groups is 1. The van der Waals surface area contributed by atoms with E-state index in [1.54, 1.807) is 13.8 Å². The van der Waals surface area contributed by atoms with Crippen LogP contribution in [0.2, 0.25) is 0 Å². The summed E-state index contributed by atoms with van der Waals surface area (Å²) < 4.78 is 39.7.